The molecule has 3 aromatic heterocycles. The predicted molar refractivity (Wildman–Crippen MR) is 469 cm³/mol. The summed E-state index contributed by atoms with van der Waals surface area (Å²) in [6.45, 7) is 24.4. The topological polar surface area (TPSA) is 693 Å². The van der Waals surface area contributed by atoms with E-state index in [0.717, 1.165) is 47.0 Å². The summed E-state index contributed by atoms with van der Waals surface area (Å²) in [6, 6.07) is -2.43. The molecule has 15 N–H and O–H groups in total. The van der Waals surface area contributed by atoms with E-state index < -0.39 is 137 Å². The second-order valence-corrected chi connectivity index (χ2v) is 31.4. The molecular weight excluding hydrogens is 1800 g/mol. The highest BCUT2D eigenvalue weighted by Crippen LogP contribution is 2.43. The number of aliphatic carboxylic acids is 2. The lowest BCUT2D eigenvalue weighted by atomic mass is 10.0. The van der Waals surface area contributed by atoms with Gasteiger partial charge in [0.1, 0.15) is 83.3 Å². The van der Waals surface area contributed by atoms with Crippen LogP contribution in [0.3, 0.4) is 0 Å². The van der Waals surface area contributed by atoms with Crippen LogP contribution < -0.4 is 47.9 Å². The van der Waals surface area contributed by atoms with Crippen molar-refractivity contribution in [2.45, 2.75) is 152 Å². The van der Waals surface area contributed by atoms with Crippen LogP contribution in [0.15, 0.2) is 185 Å². The largest absolute Gasteiger partial charge is 0.494 e. The number of amidine groups is 1. The molecule has 14 amide bonds. The van der Waals surface area contributed by atoms with Crippen LogP contribution in [0.5, 0.6) is 23.5 Å². The standard InChI is InChI=1S/2C15H19N3O5.C14H14N6O5.C14H17N3O5.C13H12N4O3S.C12H12N6O3/c1-4-23-13(20)8-17(3)11-7-12(19)18(15(11)22)10-6-5-9(2)16-14(10)21;1-9-5-6-11(14(22)17-9)18-12(19)8-10(15(18)23)16-7-3-2-4-13(20)21;1-6-3-4-8(11(22)15-6)20-9(21)5-7(12(20)23)16-14-17-10(18-19-14)13(24)25-2;1-8-4-5-10(13(21)16-8)17-11(18)7-9(14(17)22)15-6-2-3-12(19)20;1-7-2-3-9(11(19)15-7)17-10(18)6-8(12(17)20)16-13-14-4-5-21-13;1-6-2-3-8(10(20)15-6)18-9(19)4-7(11(18)21)16-12-13-5-14-17-12/h7,10H,2,4-6,8H2,1,3H3,(H,16,21);8,11,16H,1-7H2,(H,17,22)(H,20,21);5,8,21,23H,1,3-4H2,2H3,(H,15,22);7,10,15H,1-6H2,(H,16,21)(H,19,20);4-6,9H,1-3H2,(H,14,16)(H,15,19);4-5,8,19,21H,1-3H2,(H,15,20). The molecule has 0 bridgehead atoms. The van der Waals surface area contributed by atoms with Crippen molar-refractivity contribution in [3.8, 4) is 23.5 Å². The van der Waals surface area contributed by atoms with Crippen molar-refractivity contribution in [3.05, 3.63) is 144 Å². The molecule has 51 nitrogen and oxygen atoms in total. The van der Waals surface area contributed by atoms with E-state index in [1.54, 1.807) is 18.5 Å². The highest BCUT2D eigenvalue weighted by molar-refractivity contribution is 7.13. The van der Waals surface area contributed by atoms with E-state index in [0.29, 0.717) is 142 Å². The zero-order chi connectivity index (χ0) is 98.5. The number of allylic oxidation sites excluding steroid dienone is 6. The average Bonchev–Trinajstić information content (AvgIpc) is 1.66. The zero-order valence-electron chi connectivity index (χ0n) is 72.7. The molecule has 6 atom stereocenters. The highest BCUT2D eigenvalue weighted by atomic mass is 32.1. The van der Waals surface area contributed by atoms with Crippen molar-refractivity contribution < 1.29 is 126 Å². The van der Waals surface area contributed by atoms with Crippen LogP contribution in [-0.2, 0) is 95.8 Å². The minimum Gasteiger partial charge on any atom is -0.494 e. The number of imide groups is 4. The number of piperidine rings is 6. The number of carbonyl (C=O) groups is 18. The Morgan fingerprint density at radius 3 is 1.28 bits per heavy atom. The molecule has 12 aliphatic rings. The molecule has 0 spiro atoms. The summed E-state index contributed by atoms with van der Waals surface area (Å²) in [5, 5.41) is 97.8. The van der Waals surface area contributed by atoms with Crippen LogP contribution in [0.1, 0.15) is 128 Å². The third-order valence-corrected chi connectivity index (χ3v) is 21.6. The number of carbonyl (C=O) groups excluding carboxylic acids is 16. The Hall–Kier alpha value is -16.9. The van der Waals surface area contributed by atoms with E-state index in [1.807, 2.05) is 0 Å². The van der Waals surface area contributed by atoms with E-state index in [4.69, 9.17) is 14.9 Å². The van der Waals surface area contributed by atoms with Crippen LogP contribution >= 0.6 is 11.3 Å². The van der Waals surface area contributed by atoms with Crippen LogP contribution in [0.4, 0.5) is 16.5 Å². The number of ether oxygens (including phenoxy) is 2. The maximum absolute atomic E-state index is 12.5. The molecule has 0 aromatic carbocycles. The van der Waals surface area contributed by atoms with Gasteiger partial charge >= 0.3 is 23.9 Å². The van der Waals surface area contributed by atoms with Gasteiger partial charge in [0, 0.05) is 115 Å². The van der Waals surface area contributed by atoms with Gasteiger partial charge in [-0.1, -0.05) is 39.5 Å². The normalized spacial score (nSPS) is 21.8. The summed E-state index contributed by atoms with van der Waals surface area (Å²) in [7, 11) is 2.68. The van der Waals surface area contributed by atoms with Crippen molar-refractivity contribution in [2.75, 3.05) is 45.7 Å². The lowest BCUT2D eigenvalue weighted by molar-refractivity contribution is -0.147. The van der Waals surface area contributed by atoms with Gasteiger partial charge in [0.05, 0.1) is 13.7 Å². The second-order valence-electron chi connectivity index (χ2n) is 30.5. The number of hydrogen-bond donors (Lipinski definition) is 15. The Kier molecular flexibility index (Phi) is 33.5. The SMILES string of the molecule is C=C1CCC(N2C(=O)C=C(N(C)CC(=O)OCC)C2=O)C(=O)N1.C=C1CCC(N2C(=O)C=C(NCCCC(=O)O)C2=O)C(=O)N1.C=C1CCC(N2C(=O)C=C(NCCCCC(=O)O)C2=O)C(=O)N1.C=C1CCC(N2C(=O)C=C(Nc3nccs3)C2=O)C(=O)N1.C=C1CCC(n2c(O)cc(N=C3N=CN=N3)c2O)C(=O)N1.C=C1CCC(n2c(O)cc(N=C3N=NC(C(=O)OC)=N3)c2O)C(=O)N1. The summed E-state index contributed by atoms with van der Waals surface area (Å²) in [5.41, 5.74) is 3.93. The molecule has 15 heterocycles. The molecule has 6 unspecified atom stereocenters. The van der Waals surface area contributed by atoms with Gasteiger partial charge < -0.3 is 92.9 Å². The number of anilines is 1. The molecule has 6 fully saturated rings. The van der Waals surface area contributed by atoms with Gasteiger partial charge in [-0.3, -0.25) is 110 Å². The Labute approximate surface area is 769 Å². The number of aromatic nitrogens is 3. The number of nitrogens with one attached hydrogen (secondary N) is 9. The number of amides is 14. The molecule has 135 heavy (non-hydrogen) atoms. The van der Waals surface area contributed by atoms with E-state index in [1.165, 1.54) is 55.0 Å². The Morgan fingerprint density at radius 1 is 0.511 bits per heavy atom. The number of aliphatic imine (C=N–C) groups is 4. The molecule has 3 aromatic rings. The fourth-order valence-corrected chi connectivity index (χ4v) is 14.9. The van der Waals surface area contributed by atoms with Gasteiger partial charge in [-0.15, -0.1) is 31.8 Å². The predicted octanol–water partition coefficient (Wildman–Crippen LogP) is 1.72. The first-order valence-electron chi connectivity index (χ1n) is 41.4. The van der Waals surface area contributed by atoms with E-state index in [-0.39, 0.29) is 114 Å². The summed E-state index contributed by atoms with van der Waals surface area (Å²) in [5.74, 6) is -11.5. The number of nitrogens with zero attached hydrogens (tertiary/aromatic N) is 16. The molecule has 712 valence electrons. The van der Waals surface area contributed by atoms with E-state index in [2.05, 4.69) is 137 Å². The lowest BCUT2D eigenvalue weighted by Crippen LogP contribution is -2.52. The van der Waals surface area contributed by atoms with Crippen molar-refractivity contribution in [1.82, 2.24) is 81.2 Å². The van der Waals surface area contributed by atoms with Gasteiger partial charge in [0.15, 0.2) is 16.9 Å². The number of likely N-dealkylation sites (N-methyl/N-ethyl adjacent to an activating group) is 1. The van der Waals surface area contributed by atoms with E-state index >= 15 is 0 Å². The summed E-state index contributed by atoms with van der Waals surface area (Å²) in [4.78, 5) is 237. The van der Waals surface area contributed by atoms with Crippen LogP contribution in [-0.4, -0.2) is 264 Å². The molecule has 52 heteroatoms. The maximum Gasteiger partial charge on any atom is 0.378 e. The van der Waals surface area contributed by atoms with Crippen molar-refractivity contribution in [1.29, 1.82) is 0 Å². The fraction of sp³-hybridized carbons (Fsp3) is 0.361. The average molecular weight is 1890 g/mol. The Bertz CT molecular complexity index is 5810. The van der Waals surface area contributed by atoms with Gasteiger partial charge in [0.2, 0.25) is 47.2 Å². The number of rotatable bonds is 26. The number of aromatic hydroxyl groups is 4. The third-order valence-electron chi connectivity index (χ3n) is 20.9. The van der Waals surface area contributed by atoms with Gasteiger partial charge in [0.25, 0.3) is 65.0 Å². The molecule has 15 rings (SSSR count). The maximum atomic E-state index is 12.5. The first-order chi connectivity index (χ1) is 64.2. The number of unbranched alkanes of at least 4 members (excludes halogenated alkanes) is 1. The highest BCUT2D eigenvalue weighted by Gasteiger charge is 2.47. The number of carboxylic acids is 2. The number of methoxy groups -OCH3 is 1. The number of azo groups is 2. The molecule has 12 aliphatic heterocycles. The van der Waals surface area contributed by atoms with Gasteiger partial charge in [-0.05, 0) is 103 Å². The molecule has 6 saturated heterocycles. The summed E-state index contributed by atoms with van der Waals surface area (Å²) < 4.78 is 11.4. The number of esters is 2. The monoisotopic (exact) mass is 1890 g/mol. The third kappa shape index (κ3) is 25.2. The van der Waals surface area contributed by atoms with E-state index in [9.17, 15) is 107 Å². The lowest BCUT2D eigenvalue weighted by Gasteiger charge is -2.30. The molecule has 0 aliphatic carbocycles. The minimum absolute atomic E-state index is 0.0285. The number of guanidine groups is 2. The smallest absolute Gasteiger partial charge is 0.378 e. The zero-order valence-corrected chi connectivity index (χ0v) is 73.5. The number of thiazole rings is 1. The fourth-order valence-electron chi connectivity index (χ4n) is 14.4. The first-order valence-corrected chi connectivity index (χ1v) is 42.2. The Balaban J connectivity index is 0.000000168. The summed E-state index contributed by atoms with van der Waals surface area (Å²) in [6.07, 6.45) is 14.2. The number of carboxylic acid groups (broad SMARTS) is 2. The van der Waals surface area contributed by atoms with Crippen molar-refractivity contribution >= 4 is 159 Å². The van der Waals surface area contributed by atoms with Crippen molar-refractivity contribution in [3.63, 3.8) is 0 Å². The van der Waals surface area contributed by atoms with Crippen LogP contribution in [0.25, 0.3) is 0 Å². The van der Waals surface area contributed by atoms with Crippen LogP contribution in [0.2, 0.25) is 0 Å². The number of hydrogen-bond acceptors (Lipinski definition) is 34. The molecular formula is C83H93N25O26S. The second kappa shape index (κ2) is 45.1. The minimum atomic E-state index is -0.926. The van der Waals surface area contributed by atoms with Crippen LogP contribution in [0, 0.1) is 0 Å². The van der Waals surface area contributed by atoms with Gasteiger partial charge in [-0.2, -0.15) is 9.98 Å². The molecule has 0 radical (unpaired) electrons. The van der Waals surface area contributed by atoms with Gasteiger partial charge in [-0.25, -0.2) is 19.8 Å². The van der Waals surface area contributed by atoms with Crippen molar-refractivity contribution in [2.24, 2.45) is 40.4 Å². The summed E-state index contributed by atoms with van der Waals surface area (Å²) >= 11 is 1.31. The Morgan fingerprint density at radius 2 is 0.896 bits per heavy atom. The molecule has 0 saturated carbocycles. The first kappa shape index (κ1) is 100. The quantitative estimate of drug-likeness (QED) is 0.0309.